The molecule has 1 aliphatic carbocycles. The van der Waals surface area contributed by atoms with Crippen LogP contribution in [0, 0.1) is 0 Å². The van der Waals surface area contributed by atoms with Gasteiger partial charge in [-0.1, -0.05) is 6.92 Å². The van der Waals surface area contributed by atoms with E-state index in [4.69, 9.17) is 4.42 Å². The second-order valence-electron chi connectivity index (χ2n) is 7.59. The van der Waals surface area contributed by atoms with Gasteiger partial charge in [-0.3, -0.25) is 19.1 Å². The van der Waals surface area contributed by atoms with E-state index >= 15 is 0 Å². The largest absolute Gasteiger partial charge is 0.467 e. The highest BCUT2D eigenvalue weighted by Crippen LogP contribution is 2.40. The lowest BCUT2D eigenvalue weighted by atomic mass is 10.1. The first-order chi connectivity index (χ1) is 13.9. The molecule has 0 spiro atoms. The number of aromatic amines is 1. The van der Waals surface area contributed by atoms with Crippen LogP contribution in [0.1, 0.15) is 66.9 Å². The first-order valence-electron chi connectivity index (χ1n) is 9.90. The first kappa shape index (κ1) is 19.2. The normalized spacial score (nSPS) is 14.9. The van der Waals surface area contributed by atoms with E-state index < -0.39 is 11.2 Å². The summed E-state index contributed by atoms with van der Waals surface area (Å²) in [5.74, 6) is 0.608. The Morgan fingerprint density at radius 1 is 1.41 bits per heavy atom. The maximum Gasteiger partial charge on any atom is 0.329 e. The van der Waals surface area contributed by atoms with Crippen molar-refractivity contribution in [3.63, 3.8) is 0 Å². The predicted molar refractivity (Wildman–Crippen MR) is 108 cm³/mol. The maximum absolute atomic E-state index is 13.4. The zero-order chi connectivity index (χ0) is 20.7. The molecular weight excluding hydrogens is 372 g/mol. The average Bonchev–Trinajstić information content (AvgIpc) is 3.42. The summed E-state index contributed by atoms with van der Waals surface area (Å²) in [7, 11) is 1.68. The number of pyridine rings is 1. The van der Waals surface area contributed by atoms with Crippen LogP contribution in [-0.4, -0.2) is 32.4 Å². The second kappa shape index (κ2) is 7.35. The topological polar surface area (TPSA) is 101 Å². The SMILES string of the molecule is CCCn1c(=O)[nH]c(=O)c2c(C(=O)N(C)C(C)c3ccco3)cc(C3CC3)nc21. The molecule has 0 saturated heterocycles. The Morgan fingerprint density at radius 2 is 2.17 bits per heavy atom. The summed E-state index contributed by atoms with van der Waals surface area (Å²) < 4.78 is 6.89. The molecule has 8 nitrogen and oxygen atoms in total. The zero-order valence-electron chi connectivity index (χ0n) is 16.8. The molecule has 3 aromatic rings. The third-order valence-electron chi connectivity index (χ3n) is 5.50. The summed E-state index contributed by atoms with van der Waals surface area (Å²) in [6, 6.07) is 4.97. The number of fused-ring (bicyclic) bond motifs is 1. The van der Waals surface area contributed by atoms with Crippen LogP contribution in [0.2, 0.25) is 0 Å². The van der Waals surface area contributed by atoms with Gasteiger partial charge in [0.1, 0.15) is 5.76 Å². The number of carbonyl (C=O) groups is 1. The van der Waals surface area contributed by atoms with Crippen LogP contribution < -0.4 is 11.2 Å². The molecular formula is C21H24N4O4. The van der Waals surface area contributed by atoms with Crippen molar-refractivity contribution >= 4 is 16.9 Å². The fraction of sp³-hybridized carbons (Fsp3) is 0.429. The van der Waals surface area contributed by atoms with E-state index in [9.17, 15) is 14.4 Å². The van der Waals surface area contributed by atoms with Crippen LogP contribution in [0.15, 0.2) is 38.5 Å². The van der Waals surface area contributed by atoms with Gasteiger partial charge in [0, 0.05) is 25.2 Å². The van der Waals surface area contributed by atoms with E-state index in [1.54, 1.807) is 36.4 Å². The van der Waals surface area contributed by atoms with Crippen LogP contribution in [0.4, 0.5) is 0 Å². The quantitative estimate of drug-likeness (QED) is 0.690. The van der Waals surface area contributed by atoms with Crippen molar-refractivity contribution in [1.29, 1.82) is 0 Å². The van der Waals surface area contributed by atoms with Crippen molar-refractivity contribution in [3.05, 3.63) is 62.3 Å². The molecule has 152 valence electrons. The summed E-state index contributed by atoms with van der Waals surface area (Å²) in [6.45, 7) is 4.22. The first-order valence-corrected chi connectivity index (χ1v) is 9.90. The molecule has 3 aromatic heterocycles. The number of nitrogens with zero attached hydrogens (tertiary/aromatic N) is 3. The van der Waals surface area contributed by atoms with Gasteiger partial charge in [-0.15, -0.1) is 0 Å². The Labute approximate surface area is 167 Å². The van der Waals surface area contributed by atoms with Crippen molar-refractivity contribution in [2.45, 2.75) is 51.6 Å². The monoisotopic (exact) mass is 396 g/mol. The number of amides is 1. The molecule has 1 fully saturated rings. The van der Waals surface area contributed by atoms with Crippen molar-refractivity contribution in [3.8, 4) is 0 Å². The Hall–Kier alpha value is -3.16. The predicted octanol–water partition coefficient (Wildman–Crippen LogP) is 2.80. The van der Waals surface area contributed by atoms with Gasteiger partial charge in [-0.2, -0.15) is 0 Å². The molecule has 0 bridgehead atoms. The van der Waals surface area contributed by atoms with Gasteiger partial charge in [0.05, 0.1) is 23.3 Å². The Balaban J connectivity index is 1.91. The number of rotatable bonds is 6. The summed E-state index contributed by atoms with van der Waals surface area (Å²) in [4.78, 5) is 47.0. The number of aryl methyl sites for hydroxylation is 1. The number of carbonyl (C=O) groups excluding carboxylic acids is 1. The highest BCUT2D eigenvalue weighted by atomic mass is 16.3. The molecule has 1 aliphatic rings. The number of aromatic nitrogens is 3. The number of furan rings is 1. The smallest absolute Gasteiger partial charge is 0.329 e. The summed E-state index contributed by atoms with van der Waals surface area (Å²) in [5.41, 5.74) is 0.223. The van der Waals surface area contributed by atoms with Crippen molar-refractivity contribution in [2.24, 2.45) is 0 Å². The number of hydrogen-bond acceptors (Lipinski definition) is 5. The lowest BCUT2D eigenvalue weighted by Crippen LogP contribution is -2.34. The van der Waals surface area contributed by atoms with Gasteiger partial charge in [-0.05, 0) is 44.4 Å². The highest BCUT2D eigenvalue weighted by Gasteiger charge is 2.30. The highest BCUT2D eigenvalue weighted by molar-refractivity contribution is 6.05. The number of nitrogens with one attached hydrogen (secondary N) is 1. The minimum Gasteiger partial charge on any atom is -0.467 e. The molecule has 1 N–H and O–H groups in total. The minimum atomic E-state index is -0.588. The van der Waals surface area contributed by atoms with Crippen molar-refractivity contribution < 1.29 is 9.21 Å². The van der Waals surface area contributed by atoms with E-state index in [1.807, 2.05) is 13.8 Å². The second-order valence-corrected chi connectivity index (χ2v) is 7.59. The van der Waals surface area contributed by atoms with Gasteiger partial charge >= 0.3 is 5.69 Å². The fourth-order valence-electron chi connectivity index (χ4n) is 3.57. The number of H-pyrrole nitrogens is 1. The molecule has 1 saturated carbocycles. The van der Waals surface area contributed by atoms with Crippen molar-refractivity contribution in [1.82, 2.24) is 19.4 Å². The van der Waals surface area contributed by atoms with Crippen LogP contribution in [0.5, 0.6) is 0 Å². The van der Waals surface area contributed by atoms with Gasteiger partial charge in [0.2, 0.25) is 0 Å². The fourth-order valence-corrected chi connectivity index (χ4v) is 3.57. The van der Waals surface area contributed by atoms with E-state index in [2.05, 4.69) is 9.97 Å². The lowest BCUT2D eigenvalue weighted by molar-refractivity contribution is 0.0728. The zero-order valence-corrected chi connectivity index (χ0v) is 16.8. The van der Waals surface area contributed by atoms with Crippen LogP contribution in [0.3, 0.4) is 0 Å². The molecule has 1 atom stereocenters. The number of hydrogen-bond donors (Lipinski definition) is 1. The molecule has 1 amide bonds. The Kier molecular flexibility index (Phi) is 4.86. The van der Waals surface area contributed by atoms with E-state index in [0.29, 0.717) is 18.7 Å². The molecule has 0 radical (unpaired) electrons. The molecule has 3 heterocycles. The summed E-state index contributed by atoms with van der Waals surface area (Å²) in [5, 5.41) is 0.158. The molecule has 1 unspecified atom stereocenters. The maximum atomic E-state index is 13.4. The van der Waals surface area contributed by atoms with Gasteiger partial charge in [0.25, 0.3) is 11.5 Å². The average molecular weight is 396 g/mol. The van der Waals surface area contributed by atoms with E-state index in [-0.39, 0.29) is 34.5 Å². The summed E-state index contributed by atoms with van der Waals surface area (Å²) >= 11 is 0. The third-order valence-corrected chi connectivity index (χ3v) is 5.50. The van der Waals surface area contributed by atoms with Gasteiger partial charge < -0.3 is 9.32 Å². The minimum absolute atomic E-state index is 0.158. The van der Waals surface area contributed by atoms with Crippen LogP contribution in [0.25, 0.3) is 11.0 Å². The summed E-state index contributed by atoms with van der Waals surface area (Å²) in [6.07, 6.45) is 4.25. The lowest BCUT2D eigenvalue weighted by Gasteiger charge is -2.24. The molecule has 4 rings (SSSR count). The Morgan fingerprint density at radius 3 is 2.79 bits per heavy atom. The molecule has 8 heteroatoms. The third kappa shape index (κ3) is 3.39. The molecule has 29 heavy (non-hydrogen) atoms. The van der Waals surface area contributed by atoms with Crippen LogP contribution >= 0.6 is 0 Å². The van der Waals surface area contributed by atoms with Crippen molar-refractivity contribution in [2.75, 3.05) is 7.05 Å². The van der Waals surface area contributed by atoms with Crippen LogP contribution in [-0.2, 0) is 6.54 Å². The van der Waals surface area contributed by atoms with Gasteiger partial charge in [0.15, 0.2) is 5.65 Å². The molecule has 0 aliphatic heterocycles. The Bertz CT molecular complexity index is 1170. The molecule has 0 aromatic carbocycles. The van der Waals surface area contributed by atoms with E-state index in [1.165, 1.54) is 4.57 Å². The van der Waals surface area contributed by atoms with E-state index in [0.717, 1.165) is 18.5 Å². The van der Waals surface area contributed by atoms with Gasteiger partial charge in [-0.25, -0.2) is 9.78 Å². The standard InChI is InChI=1S/C21H24N4O4/c1-4-9-25-18-17(19(26)23-21(25)28)14(11-15(22-18)13-7-8-13)20(27)24(3)12(2)16-6-5-10-29-16/h5-6,10-13H,4,7-9H2,1-3H3,(H,23,26,28).